The van der Waals surface area contributed by atoms with Gasteiger partial charge in [0.25, 0.3) is 5.56 Å². The molecule has 0 unspecified atom stereocenters. The molecule has 0 saturated heterocycles. The maximum absolute atomic E-state index is 12.1. The van der Waals surface area contributed by atoms with Crippen molar-refractivity contribution in [2.45, 2.75) is 6.42 Å². The monoisotopic (exact) mass is 330 g/mol. The summed E-state index contributed by atoms with van der Waals surface area (Å²) in [7, 11) is 6.42. The Balaban J connectivity index is 2.05. The Morgan fingerprint density at radius 3 is 2.38 bits per heavy atom. The van der Waals surface area contributed by atoms with Crippen LogP contribution in [0.15, 0.2) is 23.1 Å². The molecular weight excluding hydrogens is 312 g/mol. The van der Waals surface area contributed by atoms with Crippen molar-refractivity contribution in [3.63, 3.8) is 0 Å². The molecule has 1 aromatic carbocycles. The van der Waals surface area contributed by atoms with Gasteiger partial charge in [0, 0.05) is 13.5 Å². The number of benzene rings is 1. The van der Waals surface area contributed by atoms with Crippen molar-refractivity contribution in [1.29, 1.82) is 0 Å². The van der Waals surface area contributed by atoms with E-state index in [1.54, 1.807) is 33.1 Å². The van der Waals surface area contributed by atoms with Gasteiger partial charge in [-0.2, -0.15) is 5.10 Å². The van der Waals surface area contributed by atoms with E-state index in [9.17, 15) is 4.79 Å². The fourth-order valence-corrected chi connectivity index (χ4v) is 2.59. The Kier molecular flexibility index (Phi) is 4.11. The van der Waals surface area contributed by atoms with Crippen LogP contribution in [0.4, 0.5) is 0 Å². The number of rotatable bonds is 5. The zero-order valence-corrected chi connectivity index (χ0v) is 13.9. The van der Waals surface area contributed by atoms with Crippen molar-refractivity contribution in [3.8, 4) is 17.2 Å². The molecule has 2 heterocycles. The minimum atomic E-state index is -0.212. The Morgan fingerprint density at radius 2 is 1.79 bits per heavy atom. The third-order valence-corrected chi connectivity index (χ3v) is 3.75. The van der Waals surface area contributed by atoms with Crippen LogP contribution in [-0.4, -0.2) is 41.1 Å². The molecule has 3 aromatic rings. The number of nitrogens with one attached hydrogen (secondary N) is 1. The summed E-state index contributed by atoms with van der Waals surface area (Å²) in [5, 5.41) is 4.52. The van der Waals surface area contributed by atoms with Crippen LogP contribution in [0.1, 0.15) is 11.4 Å². The van der Waals surface area contributed by atoms with Gasteiger partial charge in [-0.25, -0.2) is 4.98 Å². The molecule has 0 aliphatic rings. The predicted molar refractivity (Wildman–Crippen MR) is 88.0 cm³/mol. The lowest BCUT2D eigenvalue weighted by Crippen LogP contribution is -2.12. The molecule has 0 radical (unpaired) electrons. The summed E-state index contributed by atoms with van der Waals surface area (Å²) in [5.41, 5.74) is 1.20. The Morgan fingerprint density at radius 1 is 1.12 bits per heavy atom. The molecule has 0 atom stereocenters. The molecule has 0 aliphatic carbocycles. The summed E-state index contributed by atoms with van der Waals surface area (Å²) in [6.07, 6.45) is 1.91. The Bertz CT molecular complexity index is 920. The van der Waals surface area contributed by atoms with Crippen LogP contribution in [-0.2, 0) is 13.5 Å². The van der Waals surface area contributed by atoms with E-state index < -0.39 is 0 Å². The van der Waals surface area contributed by atoms with Gasteiger partial charge in [-0.05, 0) is 17.7 Å². The standard InChI is InChI=1S/C16H18N4O4/c1-20-15-10(8-17-20)16(21)19-13(18-15)7-9-5-11(22-2)14(24-4)12(6-9)23-3/h5-6,8H,7H2,1-4H3,(H,18,19,21). The molecule has 0 spiro atoms. The first-order chi connectivity index (χ1) is 11.6. The highest BCUT2D eigenvalue weighted by Crippen LogP contribution is 2.38. The van der Waals surface area contributed by atoms with Crippen LogP contribution < -0.4 is 19.8 Å². The van der Waals surface area contributed by atoms with Crippen LogP contribution in [0.25, 0.3) is 11.0 Å². The van der Waals surface area contributed by atoms with Crippen molar-refractivity contribution in [2.24, 2.45) is 7.05 Å². The number of aromatic amines is 1. The summed E-state index contributed by atoms with van der Waals surface area (Å²) in [4.78, 5) is 19.4. The Hall–Kier alpha value is -3.03. The number of ether oxygens (including phenoxy) is 3. The maximum atomic E-state index is 12.1. The number of methoxy groups -OCH3 is 3. The maximum Gasteiger partial charge on any atom is 0.262 e. The van der Waals surface area contributed by atoms with Crippen molar-refractivity contribution in [3.05, 3.63) is 40.1 Å². The first-order valence-corrected chi connectivity index (χ1v) is 7.27. The van der Waals surface area contributed by atoms with Gasteiger partial charge in [0.2, 0.25) is 5.75 Å². The SMILES string of the molecule is COc1cc(Cc2nc3c(cnn3C)c(=O)[nH]2)cc(OC)c1OC. The second-order valence-corrected chi connectivity index (χ2v) is 5.23. The lowest BCUT2D eigenvalue weighted by atomic mass is 10.1. The highest BCUT2D eigenvalue weighted by atomic mass is 16.5. The van der Waals surface area contributed by atoms with Crippen LogP contribution in [0.3, 0.4) is 0 Å². The zero-order chi connectivity index (χ0) is 17.3. The number of aromatic nitrogens is 4. The number of aryl methyl sites for hydroxylation is 1. The number of hydrogen-bond acceptors (Lipinski definition) is 6. The molecule has 0 fully saturated rings. The quantitative estimate of drug-likeness (QED) is 0.757. The third kappa shape index (κ3) is 2.66. The number of H-pyrrole nitrogens is 1. The van der Waals surface area contributed by atoms with Gasteiger partial charge >= 0.3 is 0 Å². The summed E-state index contributed by atoms with van der Waals surface area (Å²) in [6, 6.07) is 3.66. The molecular formula is C16H18N4O4. The van der Waals surface area contributed by atoms with E-state index in [1.807, 2.05) is 12.1 Å². The van der Waals surface area contributed by atoms with Crippen LogP contribution >= 0.6 is 0 Å². The van der Waals surface area contributed by atoms with E-state index in [1.165, 1.54) is 6.20 Å². The van der Waals surface area contributed by atoms with Crippen molar-refractivity contribution in [1.82, 2.24) is 19.7 Å². The average molecular weight is 330 g/mol. The fraction of sp³-hybridized carbons (Fsp3) is 0.312. The van der Waals surface area contributed by atoms with E-state index >= 15 is 0 Å². The van der Waals surface area contributed by atoms with Gasteiger partial charge in [0.1, 0.15) is 11.2 Å². The van der Waals surface area contributed by atoms with E-state index in [0.29, 0.717) is 40.5 Å². The summed E-state index contributed by atoms with van der Waals surface area (Å²) in [5.74, 6) is 2.16. The van der Waals surface area contributed by atoms with Crippen LogP contribution in [0.2, 0.25) is 0 Å². The van der Waals surface area contributed by atoms with E-state index in [0.717, 1.165) is 5.56 Å². The van der Waals surface area contributed by atoms with Crippen LogP contribution in [0, 0.1) is 0 Å². The molecule has 0 bridgehead atoms. The van der Waals surface area contributed by atoms with E-state index in [2.05, 4.69) is 15.1 Å². The van der Waals surface area contributed by atoms with Gasteiger partial charge in [-0.15, -0.1) is 0 Å². The van der Waals surface area contributed by atoms with Crippen molar-refractivity contribution in [2.75, 3.05) is 21.3 Å². The molecule has 0 amide bonds. The zero-order valence-electron chi connectivity index (χ0n) is 13.9. The number of fused-ring (bicyclic) bond motifs is 1. The fourth-order valence-electron chi connectivity index (χ4n) is 2.59. The number of nitrogens with zero attached hydrogens (tertiary/aromatic N) is 3. The van der Waals surface area contributed by atoms with Gasteiger partial charge in [0.15, 0.2) is 17.1 Å². The van der Waals surface area contributed by atoms with E-state index in [-0.39, 0.29) is 5.56 Å². The van der Waals surface area contributed by atoms with Crippen molar-refractivity contribution >= 4 is 11.0 Å². The first-order valence-electron chi connectivity index (χ1n) is 7.27. The highest BCUT2D eigenvalue weighted by Gasteiger charge is 2.15. The normalized spacial score (nSPS) is 10.8. The summed E-state index contributed by atoms with van der Waals surface area (Å²) in [6.45, 7) is 0. The third-order valence-electron chi connectivity index (χ3n) is 3.75. The smallest absolute Gasteiger partial charge is 0.262 e. The lowest BCUT2D eigenvalue weighted by Gasteiger charge is -2.14. The van der Waals surface area contributed by atoms with Gasteiger partial charge in [0.05, 0.1) is 27.5 Å². The van der Waals surface area contributed by atoms with Gasteiger partial charge in [-0.3, -0.25) is 9.48 Å². The summed E-state index contributed by atoms with van der Waals surface area (Å²) >= 11 is 0. The average Bonchev–Trinajstić information content (AvgIpc) is 2.95. The van der Waals surface area contributed by atoms with E-state index in [4.69, 9.17) is 14.2 Å². The predicted octanol–water partition coefficient (Wildman–Crippen LogP) is 1.27. The molecule has 1 N–H and O–H groups in total. The van der Waals surface area contributed by atoms with Gasteiger partial charge in [-0.1, -0.05) is 0 Å². The molecule has 8 heteroatoms. The largest absolute Gasteiger partial charge is 0.493 e. The molecule has 0 saturated carbocycles. The highest BCUT2D eigenvalue weighted by molar-refractivity contribution is 5.73. The minimum absolute atomic E-state index is 0.212. The first kappa shape index (κ1) is 15.9. The molecule has 126 valence electrons. The molecule has 0 aliphatic heterocycles. The summed E-state index contributed by atoms with van der Waals surface area (Å²) < 4.78 is 17.6. The van der Waals surface area contributed by atoms with Gasteiger partial charge < -0.3 is 19.2 Å². The topological polar surface area (TPSA) is 91.3 Å². The minimum Gasteiger partial charge on any atom is -0.493 e. The van der Waals surface area contributed by atoms with Crippen LogP contribution in [0.5, 0.6) is 17.2 Å². The second kappa shape index (κ2) is 6.23. The molecule has 2 aromatic heterocycles. The Labute approximate surface area is 138 Å². The second-order valence-electron chi connectivity index (χ2n) is 5.23. The lowest BCUT2D eigenvalue weighted by molar-refractivity contribution is 0.324. The molecule has 8 nitrogen and oxygen atoms in total. The molecule has 24 heavy (non-hydrogen) atoms. The van der Waals surface area contributed by atoms with Crippen molar-refractivity contribution < 1.29 is 14.2 Å². The number of hydrogen-bond donors (Lipinski definition) is 1. The molecule has 3 rings (SSSR count).